The van der Waals surface area contributed by atoms with E-state index in [4.69, 9.17) is 34.8 Å². The number of amides is 1. The minimum Gasteiger partial charge on any atom is -0.345 e. The van der Waals surface area contributed by atoms with Gasteiger partial charge in [-0.15, -0.1) is 10.2 Å². The van der Waals surface area contributed by atoms with Crippen LogP contribution in [0.1, 0.15) is 21.7 Å². The standard InChI is InChI=1S/C18H15Cl3N4OS/c1-25-16(9-22-17(26)11-6-7-14(20)15(21)8-11)23-24-18(25)27-10-12-4-2-3-5-13(12)19/h2-8H,9-10H2,1H3,(H,22,26). The van der Waals surface area contributed by atoms with Crippen LogP contribution in [0, 0.1) is 0 Å². The number of benzene rings is 2. The molecular formula is C18H15Cl3N4OS. The summed E-state index contributed by atoms with van der Waals surface area (Å²) in [4.78, 5) is 12.3. The zero-order valence-corrected chi connectivity index (χ0v) is 17.3. The summed E-state index contributed by atoms with van der Waals surface area (Å²) in [5, 5.41) is 13.3. The monoisotopic (exact) mass is 440 g/mol. The van der Waals surface area contributed by atoms with Crippen molar-refractivity contribution in [3.63, 3.8) is 0 Å². The Labute approximate surface area is 176 Å². The first-order valence-corrected chi connectivity index (χ1v) is 10.1. The molecule has 0 fully saturated rings. The van der Waals surface area contributed by atoms with Gasteiger partial charge in [0.05, 0.1) is 16.6 Å². The van der Waals surface area contributed by atoms with Gasteiger partial charge in [0.2, 0.25) is 0 Å². The summed E-state index contributed by atoms with van der Waals surface area (Å²) in [7, 11) is 1.86. The molecule has 1 aromatic heterocycles. The van der Waals surface area contributed by atoms with Gasteiger partial charge >= 0.3 is 0 Å². The van der Waals surface area contributed by atoms with Crippen LogP contribution in [-0.4, -0.2) is 20.7 Å². The number of aromatic nitrogens is 3. The fourth-order valence-electron chi connectivity index (χ4n) is 2.28. The summed E-state index contributed by atoms with van der Waals surface area (Å²) in [6.45, 7) is 0.245. The van der Waals surface area contributed by atoms with Crippen molar-refractivity contribution in [1.82, 2.24) is 20.1 Å². The van der Waals surface area contributed by atoms with Crippen LogP contribution < -0.4 is 5.32 Å². The Hall–Kier alpha value is -1.73. The van der Waals surface area contributed by atoms with Crippen LogP contribution in [0.4, 0.5) is 0 Å². The molecule has 9 heteroatoms. The highest BCUT2D eigenvalue weighted by Gasteiger charge is 2.13. The molecule has 5 nitrogen and oxygen atoms in total. The van der Waals surface area contributed by atoms with E-state index in [0.717, 1.165) is 15.7 Å². The lowest BCUT2D eigenvalue weighted by molar-refractivity contribution is 0.0949. The third-order valence-corrected chi connectivity index (χ3v) is 6.01. The molecule has 0 radical (unpaired) electrons. The van der Waals surface area contributed by atoms with E-state index in [1.165, 1.54) is 17.8 Å². The van der Waals surface area contributed by atoms with Gasteiger partial charge in [0.1, 0.15) is 0 Å². The van der Waals surface area contributed by atoms with Gasteiger partial charge in [-0.05, 0) is 29.8 Å². The number of nitrogens with one attached hydrogen (secondary N) is 1. The molecule has 0 atom stereocenters. The maximum absolute atomic E-state index is 12.3. The Morgan fingerprint density at radius 2 is 1.85 bits per heavy atom. The van der Waals surface area contributed by atoms with Crippen LogP contribution in [0.25, 0.3) is 0 Å². The van der Waals surface area contributed by atoms with E-state index in [1.807, 2.05) is 35.9 Å². The largest absolute Gasteiger partial charge is 0.345 e. The maximum atomic E-state index is 12.3. The molecule has 0 bridgehead atoms. The number of rotatable bonds is 6. The molecule has 3 aromatic rings. The minimum absolute atomic E-state index is 0.245. The summed E-state index contributed by atoms with van der Waals surface area (Å²) in [6, 6.07) is 12.4. The lowest BCUT2D eigenvalue weighted by atomic mass is 10.2. The van der Waals surface area contributed by atoms with Crippen molar-refractivity contribution in [1.29, 1.82) is 0 Å². The molecule has 0 aliphatic rings. The van der Waals surface area contributed by atoms with E-state index in [-0.39, 0.29) is 12.5 Å². The summed E-state index contributed by atoms with van der Waals surface area (Å²) >= 11 is 19.5. The van der Waals surface area contributed by atoms with E-state index < -0.39 is 0 Å². The normalized spacial score (nSPS) is 10.8. The van der Waals surface area contributed by atoms with Crippen LogP contribution in [0.5, 0.6) is 0 Å². The van der Waals surface area contributed by atoms with Gasteiger partial charge in [0.15, 0.2) is 11.0 Å². The molecule has 1 amide bonds. The molecule has 0 unspecified atom stereocenters. The quantitative estimate of drug-likeness (QED) is 0.547. The second-order valence-corrected chi connectivity index (χ2v) is 7.81. The van der Waals surface area contributed by atoms with Crippen molar-refractivity contribution < 1.29 is 4.79 Å². The number of hydrogen-bond acceptors (Lipinski definition) is 4. The molecule has 0 saturated carbocycles. The van der Waals surface area contributed by atoms with Gasteiger partial charge in [-0.1, -0.05) is 64.8 Å². The van der Waals surface area contributed by atoms with Crippen LogP contribution >= 0.6 is 46.6 Å². The fourth-order valence-corrected chi connectivity index (χ4v) is 3.79. The first-order chi connectivity index (χ1) is 13.0. The second-order valence-electron chi connectivity index (χ2n) is 5.65. The van der Waals surface area contributed by atoms with Gasteiger partial charge in [-0.3, -0.25) is 4.79 Å². The van der Waals surface area contributed by atoms with E-state index in [1.54, 1.807) is 12.1 Å². The Morgan fingerprint density at radius 3 is 2.59 bits per heavy atom. The lowest BCUT2D eigenvalue weighted by Crippen LogP contribution is -2.24. The van der Waals surface area contributed by atoms with E-state index in [9.17, 15) is 4.79 Å². The summed E-state index contributed by atoms with van der Waals surface area (Å²) in [5.41, 5.74) is 1.46. The fraction of sp³-hybridized carbons (Fsp3) is 0.167. The topological polar surface area (TPSA) is 59.8 Å². The van der Waals surface area contributed by atoms with E-state index in [2.05, 4.69) is 15.5 Å². The highest BCUT2D eigenvalue weighted by atomic mass is 35.5. The van der Waals surface area contributed by atoms with Crippen LogP contribution in [0.15, 0.2) is 47.6 Å². The maximum Gasteiger partial charge on any atom is 0.251 e. The summed E-state index contributed by atoms with van der Waals surface area (Å²) in [6.07, 6.45) is 0. The average molecular weight is 442 g/mol. The highest BCUT2D eigenvalue weighted by Crippen LogP contribution is 2.25. The number of thioether (sulfide) groups is 1. The van der Waals surface area contributed by atoms with Gasteiger partial charge in [0, 0.05) is 23.4 Å². The molecular weight excluding hydrogens is 427 g/mol. The predicted molar refractivity (Wildman–Crippen MR) is 110 cm³/mol. The van der Waals surface area contributed by atoms with Crippen molar-refractivity contribution in [3.05, 3.63) is 74.5 Å². The highest BCUT2D eigenvalue weighted by molar-refractivity contribution is 7.98. The van der Waals surface area contributed by atoms with Crippen molar-refractivity contribution in [2.24, 2.45) is 7.05 Å². The zero-order valence-electron chi connectivity index (χ0n) is 14.2. The van der Waals surface area contributed by atoms with Gasteiger partial charge in [-0.2, -0.15) is 0 Å². The van der Waals surface area contributed by atoms with Crippen LogP contribution in [0.2, 0.25) is 15.1 Å². The average Bonchev–Trinajstić information content (AvgIpc) is 3.01. The Balaban J connectivity index is 1.61. The van der Waals surface area contributed by atoms with E-state index in [0.29, 0.717) is 27.2 Å². The number of hydrogen-bond donors (Lipinski definition) is 1. The molecule has 0 saturated heterocycles. The Morgan fingerprint density at radius 1 is 1.07 bits per heavy atom. The van der Waals surface area contributed by atoms with Crippen LogP contribution in [-0.2, 0) is 19.3 Å². The lowest BCUT2D eigenvalue weighted by Gasteiger charge is -2.07. The van der Waals surface area contributed by atoms with Crippen LogP contribution in [0.3, 0.4) is 0 Å². The summed E-state index contributed by atoms with van der Waals surface area (Å²) in [5.74, 6) is 1.06. The van der Waals surface area contributed by atoms with Gasteiger partial charge < -0.3 is 9.88 Å². The molecule has 0 aliphatic carbocycles. The number of carbonyl (C=O) groups excluding carboxylic acids is 1. The van der Waals surface area contributed by atoms with Crippen molar-refractivity contribution >= 4 is 52.5 Å². The second kappa shape index (κ2) is 8.97. The Bertz CT molecular complexity index is 977. The van der Waals surface area contributed by atoms with E-state index >= 15 is 0 Å². The molecule has 27 heavy (non-hydrogen) atoms. The molecule has 1 N–H and O–H groups in total. The number of nitrogens with zero attached hydrogens (tertiary/aromatic N) is 3. The minimum atomic E-state index is -0.262. The number of carbonyl (C=O) groups is 1. The van der Waals surface area contributed by atoms with Crippen molar-refractivity contribution in [3.8, 4) is 0 Å². The van der Waals surface area contributed by atoms with Crippen molar-refractivity contribution in [2.75, 3.05) is 0 Å². The zero-order chi connectivity index (χ0) is 19.4. The molecule has 3 rings (SSSR count). The molecule has 1 heterocycles. The van der Waals surface area contributed by atoms with Gasteiger partial charge in [-0.25, -0.2) is 0 Å². The third kappa shape index (κ3) is 4.96. The molecule has 140 valence electrons. The summed E-state index contributed by atoms with van der Waals surface area (Å²) < 4.78 is 1.84. The smallest absolute Gasteiger partial charge is 0.251 e. The first kappa shape index (κ1) is 20.0. The third-order valence-electron chi connectivity index (χ3n) is 3.83. The van der Waals surface area contributed by atoms with Gasteiger partial charge in [0.25, 0.3) is 5.91 Å². The Kier molecular flexibility index (Phi) is 6.65. The molecule has 0 aliphatic heterocycles. The molecule has 2 aromatic carbocycles. The van der Waals surface area contributed by atoms with Crippen molar-refractivity contribution in [2.45, 2.75) is 17.5 Å². The molecule has 0 spiro atoms. The SMILES string of the molecule is Cn1c(CNC(=O)c2ccc(Cl)c(Cl)c2)nnc1SCc1ccccc1Cl. The first-order valence-electron chi connectivity index (χ1n) is 7.93. The predicted octanol–water partition coefficient (Wildman–Crippen LogP) is 5.00. The number of halogens is 3.